The van der Waals surface area contributed by atoms with Crippen molar-refractivity contribution >= 4 is 57.1 Å². The number of phenols is 1. The lowest BCUT2D eigenvalue weighted by molar-refractivity contribution is -0.141. The first-order valence-electron chi connectivity index (χ1n) is 4.99. The van der Waals surface area contributed by atoms with Crippen molar-refractivity contribution in [1.82, 2.24) is 5.32 Å². The fourth-order valence-corrected chi connectivity index (χ4v) is 2.15. The second kappa shape index (κ2) is 7.12. The fourth-order valence-electron chi connectivity index (χ4n) is 1.35. The molecule has 0 saturated carbocycles. The number of aromatic hydroxyl groups is 1. The maximum Gasteiger partial charge on any atom is 0.326 e. The van der Waals surface area contributed by atoms with E-state index in [0.717, 1.165) is 5.56 Å². The van der Waals surface area contributed by atoms with Crippen LogP contribution in [0.15, 0.2) is 18.2 Å². The molecule has 0 unspecified atom stereocenters. The van der Waals surface area contributed by atoms with Crippen LogP contribution in [0.5, 0.6) is 5.75 Å². The van der Waals surface area contributed by atoms with E-state index in [0.29, 0.717) is 3.57 Å². The second-order valence-electron chi connectivity index (χ2n) is 3.58. The summed E-state index contributed by atoms with van der Waals surface area (Å²) in [5.41, 5.74) is 0.748. The molecule has 0 aliphatic carbocycles. The van der Waals surface area contributed by atoms with Crippen LogP contribution in [-0.4, -0.2) is 32.6 Å². The molecule has 0 heterocycles. The van der Waals surface area contributed by atoms with Gasteiger partial charge in [0.05, 0.1) is 8.00 Å². The first-order valence-corrected chi connectivity index (χ1v) is 7.60. The highest BCUT2D eigenvalue weighted by molar-refractivity contribution is 14.1. The number of halogens is 2. The summed E-state index contributed by atoms with van der Waals surface area (Å²) in [5, 5.41) is 20.8. The monoisotopic (exact) mass is 475 g/mol. The van der Waals surface area contributed by atoms with Crippen molar-refractivity contribution in [3.05, 3.63) is 27.3 Å². The predicted octanol–water partition coefficient (Wildman–Crippen LogP) is 1.54. The van der Waals surface area contributed by atoms with E-state index >= 15 is 0 Å². The smallest absolute Gasteiger partial charge is 0.326 e. The maximum absolute atomic E-state index is 11.2. The Morgan fingerprint density at radius 3 is 2.56 bits per heavy atom. The molecule has 18 heavy (non-hydrogen) atoms. The Morgan fingerprint density at radius 1 is 1.39 bits per heavy atom. The summed E-state index contributed by atoms with van der Waals surface area (Å²) >= 11 is 3.83. The number of carbonyl (C=O) groups excluding carboxylic acids is 1. The van der Waals surface area contributed by atoms with Gasteiger partial charge in [-0.2, -0.15) is 0 Å². The molecule has 1 rings (SSSR count). The van der Waals surface area contributed by atoms with Gasteiger partial charge in [0.25, 0.3) is 0 Å². The largest absolute Gasteiger partial charge is 0.507 e. The highest BCUT2D eigenvalue weighted by Gasteiger charge is 2.20. The van der Waals surface area contributed by atoms with Crippen LogP contribution in [0.2, 0.25) is 0 Å². The molecule has 0 aromatic heterocycles. The van der Waals surface area contributed by atoms with Gasteiger partial charge in [0.15, 0.2) is 0 Å². The number of aliphatic carboxylic acids is 1. The van der Waals surface area contributed by atoms with Crippen LogP contribution >= 0.6 is 45.2 Å². The molecule has 1 atom stereocenters. The van der Waals surface area contributed by atoms with Crippen LogP contribution in [0, 0.1) is 3.57 Å². The molecule has 98 valence electrons. The second-order valence-corrected chi connectivity index (χ2v) is 5.51. The van der Waals surface area contributed by atoms with Gasteiger partial charge < -0.3 is 15.5 Å². The Balaban J connectivity index is 2.80. The van der Waals surface area contributed by atoms with E-state index in [-0.39, 0.29) is 22.5 Å². The van der Waals surface area contributed by atoms with Crippen LogP contribution in [0.3, 0.4) is 0 Å². The summed E-state index contributed by atoms with van der Waals surface area (Å²) in [5.74, 6) is -1.23. The van der Waals surface area contributed by atoms with Crippen molar-refractivity contribution in [2.24, 2.45) is 0 Å². The van der Waals surface area contributed by atoms with Gasteiger partial charge in [-0.05, 0) is 40.3 Å². The Hall–Kier alpha value is -0.580. The zero-order chi connectivity index (χ0) is 13.7. The van der Waals surface area contributed by atoms with Gasteiger partial charge in [-0.1, -0.05) is 28.7 Å². The predicted molar refractivity (Wildman–Crippen MR) is 83.0 cm³/mol. The molecule has 1 aromatic rings. The molecule has 0 saturated heterocycles. The topological polar surface area (TPSA) is 86.6 Å². The minimum Gasteiger partial charge on any atom is -0.507 e. The highest BCUT2D eigenvalue weighted by Crippen LogP contribution is 2.20. The molecule has 0 spiro atoms. The minimum atomic E-state index is -1.07. The summed E-state index contributed by atoms with van der Waals surface area (Å²) in [6, 6.07) is 3.90. The number of alkyl halides is 1. The molecule has 1 amide bonds. The standard InChI is InChI=1S/C11H11I2NO4/c12-5-10(16)14-8(11(17)18)4-6-1-2-9(15)7(13)3-6/h1-3,8,15H,4-5H2,(H,14,16)(H,17,18)/t8-/m0/s1. The van der Waals surface area contributed by atoms with Crippen molar-refractivity contribution < 1.29 is 19.8 Å². The number of benzene rings is 1. The van der Waals surface area contributed by atoms with Crippen molar-refractivity contribution in [2.75, 3.05) is 4.43 Å². The third-order valence-corrected chi connectivity index (χ3v) is 3.76. The number of carboxylic acids is 1. The third-order valence-electron chi connectivity index (χ3n) is 2.21. The molecule has 5 nitrogen and oxygen atoms in total. The molecule has 0 bridgehead atoms. The molecular formula is C11H11I2NO4. The number of nitrogens with one attached hydrogen (secondary N) is 1. The Bertz CT molecular complexity index is 464. The van der Waals surface area contributed by atoms with Gasteiger partial charge in [0.2, 0.25) is 5.91 Å². The highest BCUT2D eigenvalue weighted by atomic mass is 127. The maximum atomic E-state index is 11.2. The van der Waals surface area contributed by atoms with Crippen LogP contribution in [0.1, 0.15) is 5.56 Å². The first-order chi connectivity index (χ1) is 8.43. The van der Waals surface area contributed by atoms with E-state index in [4.69, 9.17) is 5.11 Å². The van der Waals surface area contributed by atoms with Gasteiger partial charge in [0, 0.05) is 6.42 Å². The van der Waals surface area contributed by atoms with Crippen LogP contribution < -0.4 is 5.32 Å². The quantitative estimate of drug-likeness (QED) is 0.446. The number of rotatable bonds is 5. The summed E-state index contributed by atoms with van der Waals surface area (Å²) in [6.45, 7) is 0. The van der Waals surface area contributed by atoms with Crippen LogP contribution in [0.25, 0.3) is 0 Å². The molecular weight excluding hydrogens is 464 g/mol. The SMILES string of the molecule is O=C(CI)N[C@@H](Cc1ccc(O)c(I)c1)C(=O)O. The molecule has 0 aliphatic heterocycles. The van der Waals surface area contributed by atoms with E-state index < -0.39 is 12.0 Å². The number of amides is 1. The summed E-state index contributed by atoms with van der Waals surface area (Å²) in [6.07, 6.45) is 0.188. The van der Waals surface area contributed by atoms with Crippen molar-refractivity contribution in [2.45, 2.75) is 12.5 Å². The molecule has 0 fully saturated rings. The van der Waals surface area contributed by atoms with Crippen LogP contribution in [-0.2, 0) is 16.0 Å². The fraction of sp³-hybridized carbons (Fsp3) is 0.273. The summed E-state index contributed by atoms with van der Waals surface area (Å²) in [7, 11) is 0. The lowest BCUT2D eigenvalue weighted by atomic mass is 10.1. The van der Waals surface area contributed by atoms with Crippen molar-refractivity contribution in [3.63, 3.8) is 0 Å². The molecule has 3 N–H and O–H groups in total. The van der Waals surface area contributed by atoms with Crippen molar-refractivity contribution in [1.29, 1.82) is 0 Å². The Labute approximate surface area is 131 Å². The first kappa shape index (κ1) is 15.5. The van der Waals surface area contributed by atoms with Gasteiger partial charge >= 0.3 is 5.97 Å². The Kier molecular flexibility index (Phi) is 6.12. The van der Waals surface area contributed by atoms with Gasteiger partial charge in [-0.25, -0.2) is 4.79 Å². The minimum absolute atomic E-state index is 0.155. The van der Waals surface area contributed by atoms with E-state index in [2.05, 4.69) is 5.32 Å². The summed E-state index contributed by atoms with van der Waals surface area (Å²) < 4.78 is 0.865. The van der Waals surface area contributed by atoms with E-state index in [1.54, 1.807) is 12.1 Å². The van der Waals surface area contributed by atoms with Crippen LogP contribution in [0.4, 0.5) is 0 Å². The summed E-state index contributed by atoms with van der Waals surface area (Å²) in [4.78, 5) is 22.3. The normalized spacial score (nSPS) is 11.9. The average Bonchev–Trinajstić information content (AvgIpc) is 2.32. The lowest BCUT2D eigenvalue weighted by Crippen LogP contribution is -2.42. The molecule has 7 heteroatoms. The average molecular weight is 475 g/mol. The number of hydrogen-bond acceptors (Lipinski definition) is 3. The number of carboxylic acid groups (broad SMARTS) is 1. The molecule has 0 radical (unpaired) electrons. The van der Waals surface area contributed by atoms with E-state index in [1.807, 2.05) is 45.2 Å². The van der Waals surface area contributed by atoms with E-state index in [9.17, 15) is 14.7 Å². The zero-order valence-electron chi connectivity index (χ0n) is 9.19. The zero-order valence-corrected chi connectivity index (χ0v) is 13.5. The number of phenolic OH excluding ortho intramolecular Hbond substituents is 1. The van der Waals surface area contributed by atoms with Crippen molar-refractivity contribution in [3.8, 4) is 5.75 Å². The van der Waals surface area contributed by atoms with Gasteiger partial charge in [-0.3, -0.25) is 4.79 Å². The molecule has 1 aromatic carbocycles. The Morgan fingerprint density at radius 2 is 2.06 bits per heavy atom. The number of hydrogen-bond donors (Lipinski definition) is 3. The number of carbonyl (C=O) groups is 2. The van der Waals surface area contributed by atoms with Gasteiger partial charge in [-0.15, -0.1) is 0 Å². The van der Waals surface area contributed by atoms with E-state index in [1.165, 1.54) is 6.07 Å². The third kappa shape index (κ3) is 4.59. The lowest BCUT2D eigenvalue weighted by Gasteiger charge is -2.14. The molecule has 0 aliphatic rings. The van der Waals surface area contributed by atoms with Gasteiger partial charge in [0.1, 0.15) is 11.8 Å².